The van der Waals surface area contributed by atoms with E-state index in [9.17, 15) is 5.11 Å². The van der Waals surface area contributed by atoms with E-state index in [4.69, 9.17) is 5.73 Å². The van der Waals surface area contributed by atoms with E-state index in [0.717, 1.165) is 38.4 Å². The number of piperidine rings is 1. The molecule has 2 rings (SSSR count). The number of hydrogen-bond donors (Lipinski definition) is 2. The first-order valence-corrected chi connectivity index (χ1v) is 7.18. The van der Waals surface area contributed by atoms with Crippen molar-refractivity contribution in [2.45, 2.75) is 57.6 Å². The molecule has 0 aromatic carbocycles. The normalized spacial score (nSPS) is 44.8. The van der Waals surface area contributed by atoms with Crippen LogP contribution in [0.1, 0.15) is 46.0 Å². The maximum atomic E-state index is 10.2. The van der Waals surface area contributed by atoms with Crippen LogP contribution in [-0.2, 0) is 0 Å². The summed E-state index contributed by atoms with van der Waals surface area (Å²) >= 11 is 0. The molecule has 4 unspecified atom stereocenters. The minimum atomic E-state index is -0.488. The van der Waals surface area contributed by atoms with Crippen LogP contribution in [0.25, 0.3) is 0 Å². The summed E-state index contributed by atoms with van der Waals surface area (Å²) in [5.41, 5.74) is 5.44. The number of likely N-dealkylation sites (tertiary alicyclic amines) is 1. The third-order valence-corrected chi connectivity index (χ3v) is 4.69. The smallest absolute Gasteiger partial charge is 0.0746 e. The topological polar surface area (TPSA) is 49.5 Å². The summed E-state index contributed by atoms with van der Waals surface area (Å²) < 4.78 is 0. The summed E-state index contributed by atoms with van der Waals surface area (Å²) in [6.45, 7) is 7.10. The summed E-state index contributed by atoms with van der Waals surface area (Å²) in [6.07, 6.45) is 5.91. The molecule has 1 aliphatic carbocycles. The van der Waals surface area contributed by atoms with Gasteiger partial charge in [-0.25, -0.2) is 0 Å². The van der Waals surface area contributed by atoms with E-state index in [1.54, 1.807) is 0 Å². The molecule has 0 spiro atoms. The number of nitrogens with two attached hydrogens (primary N) is 1. The molecule has 2 aliphatic rings. The fourth-order valence-electron chi connectivity index (χ4n) is 3.68. The molecule has 4 atom stereocenters. The number of β-amino-alcohol motifs (C(OH)–C–C–N with tert-alkyl or cyclic N) is 1. The van der Waals surface area contributed by atoms with Gasteiger partial charge in [-0.15, -0.1) is 0 Å². The number of rotatable bonds is 2. The predicted molar refractivity (Wildman–Crippen MR) is 70.8 cm³/mol. The Hall–Kier alpha value is -0.120. The van der Waals surface area contributed by atoms with Crippen molar-refractivity contribution in [1.82, 2.24) is 4.90 Å². The maximum Gasteiger partial charge on any atom is 0.0746 e. The van der Waals surface area contributed by atoms with Gasteiger partial charge in [0.2, 0.25) is 0 Å². The lowest BCUT2D eigenvalue weighted by Crippen LogP contribution is -2.54. The second-order valence-corrected chi connectivity index (χ2v) is 6.55. The van der Waals surface area contributed by atoms with Crippen molar-refractivity contribution in [1.29, 1.82) is 0 Å². The van der Waals surface area contributed by atoms with Crippen molar-refractivity contribution < 1.29 is 5.11 Å². The van der Waals surface area contributed by atoms with Crippen LogP contribution in [0.3, 0.4) is 0 Å². The highest BCUT2D eigenvalue weighted by molar-refractivity contribution is 4.92. The van der Waals surface area contributed by atoms with E-state index in [-0.39, 0.29) is 0 Å². The molecular formula is C14H28N2O. The summed E-state index contributed by atoms with van der Waals surface area (Å²) in [5, 5.41) is 10.2. The average molecular weight is 240 g/mol. The number of hydrogen-bond acceptors (Lipinski definition) is 3. The molecule has 100 valence electrons. The van der Waals surface area contributed by atoms with Gasteiger partial charge in [-0.2, -0.15) is 0 Å². The van der Waals surface area contributed by atoms with Crippen LogP contribution < -0.4 is 5.73 Å². The molecule has 1 saturated carbocycles. The Labute approximate surface area is 105 Å². The van der Waals surface area contributed by atoms with E-state index in [1.165, 1.54) is 19.3 Å². The fourth-order valence-corrected chi connectivity index (χ4v) is 3.68. The van der Waals surface area contributed by atoms with Crippen molar-refractivity contribution in [2.24, 2.45) is 17.6 Å². The zero-order chi connectivity index (χ0) is 12.5. The highest BCUT2D eigenvalue weighted by Gasteiger charge is 2.37. The van der Waals surface area contributed by atoms with Gasteiger partial charge in [0.1, 0.15) is 0 Å². The molecule has 0 aromatic heterocycles. The lowest BCUT2D eigenvalue weighted by Gasteiger charge is -2.46. The van der Waals surface area contributed by atoms with Gasteiger partial charge in [0.15, 0.2) is 0 Å². The van der Waals surface area contributed by atoms with Crippen LogP contribution in [0, 0.1) is 11.8 Å². The van der Waals surface area contributed by atoms with Crippen LogP contribution in [0.2, 0.25) is 0 Å². The molecule has 17 heavy (non-hydrogen) atoms. The second kappa shape index (κ2) is 5.25. The minimum absolute atomic E-state index is 0.488. The van der Waals surface area contributed by atoms with Gasteiger partial charge in [-0.3, -0.25) is 4.90 Å². The largest absolute Gasteiger partial charge is 0.389 e. The van der Waals surface area contributed by atoms with Crippen LogP contribution in [0.15, 0.2) is 0 Å². The lowest BCUT2D eigenvalue weighted by atomic mass is 9.77. The maximum absolute atomic E-state index is 10.2. The molecule has 0 radical (unpaired) electrons. The van der Waals surface area contributed by atoms with Gasteiger partial charge in [-0.1, -0.05) is 13.3 Å². The van der Waals surface area contributed by atoms with Gasteiger partial charge in [0.05, 0.1) is 5.60 Å². The minimum Gasteiger partial charge on any atom is -0.389 e. The van der Waals surface area contributed by atoms with E-state index in [1.807, 2.05) is 6.92 Å². The summed E-state index contributed by atoms with van der Waals surface area (Å²) in [4.78, 5) is 2.51. The molecule has 2 fully saturated rings. The third-order valence-electron chi connectivity index (χ3n) is 4.69. The molecule has 0 aromatic rings. The Morgan fingerprint density at radius 3 is 2.82 bits per heavy atom. The van der Waals surface area contributed by atoms with E-state index in [0.29, 0.717) is 12.0 Å². The van der Waals surface area contributed by atoms with Crippen LogP contribution >= 0.6 is 0 Å². The van der Waals surface area contributed by atoms with E-state index in [2.05, 4.69) is 11.8 Å². The molecule has 1 aliphatic heterocycles. The van der Waals surface area contributed by atoms with Gasteiger partial charge in [-0.05, 0) is 57.5 Å². The number of nitrogens with zero attached hydrogens (tertiary/aromatic N) is 1. The second-order valence-electron chi connectivity index (χ2n) is 6.55. The van der Waals surface area contributed by atoms with Crippen LogP contribution in [0.5, 0.6) is 0 Å². The zero-order valence-corrected chi connectivity index (χ0v) is 11.4. The molecule has 3 heteroatoms. The standard InChI is InChI=1S/C14H28N2O/c1-11-4-5-12(9-15)13(8-11)16-7-3-6-14(2,17)10-16/h11-13,17H,3-10,15H2,1-2H3. The number of aliphatic hydroxyl groups is 1. The van der Waals surface area contributed by atoms with Crippen molar-refractivity contribution in [3.8, 4) is 0 Å². The zero-order valence-electron chi connectivity index (χ0n) is 11.4. The Kier molecular flexibility index (Phi) is 4.11. The van der Waals surface area contributed by atoms with Gasteiger partial charge >= 0.3 is 0 Å². The highest BCUT2D eigenvalue weighted by atomic mass is 16.3. The third kappa shape index (κ3) is 3.21. The molecule has 3 N–H and O–H groups in total. The first-order chi connectivity index (χ1) is 8.02. The SMILES string of the molecule is CC1CCC(CN)C(N2CCCC(C)(O)C2)C1. The van der Waals surface area contributed by atoms with Crippen molar-refractivity contribution >= 4 is 0 Å². The van der Waals surface area contributed by atoms with Gasteiger partial charge in [0, 0.05) is 12.6 Å². The fraction of sp³-hybridized carbons (Fsp3) is 1.00. The van der Waals surface area contributed by atoms with Gasteiger partial charge < -0.3 is 10.8 Å². The molecule has 3 nitrogen and oxygen atoms in total. The molecule has 1 saturated heterocycles. The predicted octanol–water partition coefficient (Wildman–Crippen LogP) is 1.60. The van der Waals surface area contributed by atoms with Crippen LogP contribution in [0.4, 0.5) is 0 Å². The first kappa shape index (κ1) is 13.3. The average Bonchev–Trinajstić information content (AvgIpc) is 2.27. The quantitative estimate of drug-likeness (QED) is 0.771. The Bertz CT molecular complexity index is 255. The van der Waals surface area contributed by atoms with Crippen molar-refractivity contribution in [3.05, 3.63) is 0 Å². The molecule has 1 heterocycles. The summed E-state index contributed by atoms with van der Waals surface area (Å²) in [7, 11) is 0. The van der Waals surface area contributed by atoms with E-state index < -0.39 is 5.60 Å². The van der Waals surface area contributed by atoms with Gasteiger partial charge in [0.25, 0.3) is 0 Å². The van der Waals surface area contributed by atoms with Crippen LogP contribution in [-0.4, -0.2) is 41.3 Å². The summed E-state index contributed by atoms with van der Waals surface area (Å²) in [6, 6.07) is 0.607. The molecule has 0 bridgehead atoms. The highest BCUT2D eigenvalue weighted by Crippen LogP contribution is 2.34. The monoisotopic (exact) mass is 240 g/mol. The lowest BCUT2D eigenvalue weighted by molar-refractivity contribution is -0.0481. The Morgan fingerprint density at radius 2 is 2.18 bits per heavy atom. The molecule has 0 amide bonds. The van der Waals surface area contributed by atoms with Crippen molar-refractivity contribution in [2.75, 3.05) is 19.6 Å². The Balaban J connectivity index is 2.02. The summed E-state index contributed by atoms with van der Waals surface area (Å²) in [5.74, 6) is 1.45. The van der Waals surface area contributed by atoms with Crippen molar-refractivity contribution in [3.63, 3.8) is 0 Å². The van der Waals surface area contributed by atoms with E-state index >= 15 is 0 Å². The Morgan fingerprint density at radius 1 is 1.41 bits per heavy atom. The molecular weight excluding hydrogens is 212 g/mol. The first-order valence-electron chi connectivity index (χ1n) is 7.18.